The third-order valence-corrected chi connectivity index (χ3v) is 6.54. The molecule has 0 radical (unpaired) electrons. The highest BCUT2D eigenvalue weighted by Crippen LogP contribution is 2.56. The van der Waals surface area contributed by atoms with E-state index in [9.17, 15) is 0 Å². The van der Waals surface area contributed by atoms with Crippen LogP contribution in [-0.2, 0) is 5.41 Å². The number of aromatic nitrogens is 1. The van der Waals surface area contributed by atoms with Crippen LogP contribution in [0, 0.1) is 0 Å². The number of fused-ring (bicyclic) bond motifs is 4. The van der Waals surface area contributed by atoms with Gasteiger partial charge < -0.3 is 9.64 Å². The summed E-state index contributed by atoms with van der Waals surface area (Å²) < 4.78 is 6.74. The monoisotopic (exact) mass is 377 g/mol. The number of hydrogen-bond acceptors (Lipinski definition) is 4. The molecule has 2 aliphatic rings. The standard InChI is InChI=1S/C22H20ClN3O/c1-4-21(2)17-11-15(23)6-7-18(17)26(3)22(21)13-25-20-16-12-24-10-9-14(16)5-8-19(20)27-22/h5-13H,4H2,1-3H3. The van der Waals surface area contributed by atoms with Gasteiger partial charge in [-0.3, -0.25) is 9.98 Å². The zero-order chi connectivity index (χ0) is 18.8. The van der Waals surface area contributed by atoms with E-state index in [1.165, 1.54) is 5.56 Å². The lowest BCUT2D eigenvalue weighted by molar-refractivity contribution is 0.0706. The molecule has 2 unspecified atom stereocenters. The van der Waals surface area contributed by atoms with Crippen LogP contribution in [0.5, 0.6) is 5.75 Å². The predicted molar refractivity (Wildman–Crippen MR) is 111 cm³/mol. The van der Waals surface area contributed by atoms with Gasteiger partial charge in [0.25, 0.3) is 0 Å². The number of rotatable bonds is 1. The first-order valence-corrected chi connectivity index (χ1v) is 9.53. The first-order chi connectivity index (χ1) is 13.0. The second-order valence-corrected chi connectivity index (χ2v) is 7.91. The van der Waals surface area contributed by atoms with Crippen LogP contribution in [0.2, 0.25) is 5.02 Å². The molecule has 2 aromatic carbocycles. The quantitative estimate of drug-likeness (QED) is 0.562. The van der Waals surface area contributed by atoms with Gasteiger partial charge in [-0.05, 0) is 54.6 Å². The number of aliphatic imine (C=N–C) groups is 1. The van der Waals surface area contributed by atoms with E-state index in [0.717, 1.165) is 39.3 Å². The Bertz CT molecular complexity index is 1110. The molecule has 0 saturated carbocycles. The van der Waals surface area contributed by atoms with Crippen molar-refractivity contribution in [2.45, 2.75) is 31.4 Å². The second kappa shape index (κ2) is 5.46. The summed E-state index contributed by atoms with van der Waals surface area (Å²) in [5.74, 6) is 0.781. The number of halogens is 1. The third kappa shape index (κ3) is 1.99. The SMILES string of the molecule is CCC1(C)c2cc(Cl)ccc2N(C)C12C=Nc1c(ccc3ccncc13)O2. The number of benzene rings is 2. The largest absolute Gasteiger partial charge is 0.459 e. The Morgan fingerprint density at radius 2 is 2.04 bits per heavy atom. The summed E-state index contributed by atoms with van der Waals surface area (Å²) in [5, 5.41) is 2.85. The molecule has 0 saturated heterocycles. The van der Waals surface area contributed by atoms with Crippen LogP contribution in [0.3, 0.4) is 0 Å². The van der Waals surface area contributed by atoms with E-state index in [0.29, 0.717) is 0 Å². The minimum Gasteiger partial charge on any atom is -0.459 e. The van der Waals surface area contributed by atoms with Crippen molar-refractivity contribution in [1.29, 1.82) is 0 Å². The maximum Gasteiger partial charge on any atom is 0.228 e. The second-order valence-electron chi connectivity index (χ2n) is 7.47. The van der Waals surface area contributed by atoms with E-state index in [2.05, 4.69) is 49.0 Å². The van der Waals surface area contributed by atoms with Crippen LogP contribution < -0.4 is 9.64 Å². The maximum atomic E-state index is 6.74. The van der Waals surface area contributed by atoms with Crippen molar-refractivity contribution < 1.29 is 4.74 Å². The Morgan fingerprint density at radius 1 is 1.19 bits per heavy atom. The molecule has 0 fully saturated rings. The van der Waals surface area contributed by atoms with Gasteiger partial charge in [0.1, 0.15) is 11.4 Å². The molecule has 2 atom stereocenters. The summed E-state index contributed by atoms with van der Waals surface area (Å²) >= 11 is 6.33. The Hall–Kier alpha value is -2.59. The van der Waals surface area contributed by atoms with Crippen LogP contribution in [0.1, 0.15) is 25.8 Å². The summed E-state index contributed by atoms with van der Waals surface area (Å²) in [5.41, 5.74) is 2.18. The Balaban J connectivity index is 1.73. The number of nitrogens with zero attached hydrogens (tertiary/aromatic N) is 3. The molecule has 27 heavy (non-hydrogen) atoms. The van der Waals surface area contributed by atoms with Crippen molar-refractivity contribution >= 4 is 40.0 Å². The average molecular weight is 378 g/mol. The lowest BCUT2D eigenvalue weighted by atomic mass is 9.73. The summed E-state index contributed by atoms with van der Waals surface area (Å²) in [7, 11) is 2.06. The summed E-state index contributed by atoms with van der Waals surface area (Å²) in [6.07, 6.45) is 6.49. The third-order valence-electron chi connectivity index (χ3n) is 6.30. The van der Waals surface area contributed by atoms with Gasteiger partial charge in [-0.15, -0.1) is 0 Å². The number of ether oxygens (including phenoxy) is 1. The van der Waals surface area contributed by atoms with Gasteiger partial charge in [-0.2, -0.15) is 0 Å². The van der Waals surface area contributed by atoms with Gasteiger partial charge in [0.2, 0.25) is 5.72 Å². The van der Waals surface area contributed by atoms with Gasteiger partial charge in [-0.25, -0.2) is 0 Å². The number of hydrogen-bond donors (Lipinski definition) is 0. The maximum absolute atomic E-state index is 6.74. The van der Waals surface area contributed by atoms with Gasteiger partial charge in [0.05, 0.1) is 11.6 Å². The molecule has 0 N–H and O–H groups in total. The molecule has 0 aliphatic carbocycles. The molecular weight excluding hydrogens is 358 g/mol. The Kier molecular flexibility index (Phi) is 3.35. The lowest BCUT2D eigenvalue weighted by Crippen LogP contribution is -2.61. The van der Waals surface area contributed by atoms with Crippen LogP contribution in [-0.4, -0.2) is 24.0 Å². The topological polar surface area (TPSA) is 37.7 Å². The van der Waals surface area contributed by atoms with Gasteiger partial charge in [0.15, 0.2) is 0 Å². The molecule has 1 aromatic heterocycles. The normalized spacial score (nSPS) is 25.6. The molecule has 136 valence electrons. The van der Waals surface area contributed by atoms with Gasteiger partial charge in [0, 0.05) is 35.5 Å². The molecular formula is C22H20ClN3O. The number of anilines is 1. The highest BCUT2D eigenvalue weighted by molar-refractivity contribution is 6.30. The number of likely N-dealkylation sites (N-methyl/N-ethyl adjacent to an activating group) is 1. The van der Waals surface area contributed by atoms with Crippen molar-refractivity contribution in [1.82, 2.24) is 4.98 Å². The molecule has 0 bridgehead atoms. The molecule has 5 heteroatoms. The zero-order valence-corrected chi connectivity index (χ0v) is 16.3. The fourth-order valence-electron chi connectivity index (χ4n) is 4.53. The van der Waals surface area contributed by atoms with Crippen LogP contribution in [0.4, 0.5) is 11.4 Å². The van der Waals surface area contributed by atoms with E-state index in [-0.39, 0.29) is 5.41 Å². The molecule has 1 spiro atoms. The highest BCUT2D eigenvalue weighted by Gasteiger charge is 2.60. The minimum atomic E-state index is -0.697. The summed E-state index contributed by atoms with van der Waals surface area (Å²) in [6, 6.07) is 12.1. The first-order valence-electron chi connectivity index (χ1n) is 9.15. The highest BCUT2D eigenvalue weighted by atomic mass is 35.5. The van der Waals surface area contributed by atoms with Crippen LogP contribution in [0.15, 0.2) is 53.8 Å². The minimum absolute atomic E-state index is 0.285. The molecule has 2 aliphatic heterocycles. The zero-order valence-electron chi connectivity index (χ0n) is 15.5. The van der Waals surface area contributed by atoms with Crippen LogP contribution in [0.25, 0.3) is 10.8 Å². The molecule has 3 aromatic rings. The van der Waals surface area contributed by atoms with Crippen molar-refractivity contribution in [2.24, 2.45) is 4.99 Å². The van der Waals surface area contributed by atoms with Crippen molar-refractivity contribution in [2.75, 3.05) is 11.9 Å². The fourth-order valence-corrected chi connectivity index (χ4v) is 4.70. The molecule has 4 nitrogen and oxygen atoms in total. The van der Waals surface area contributed by atoms with Crippen molar-refractivity contribution in [3.05, 3.63) is 59.4 Å². The van der Waals surface area contributed by atoms with Crippen molar-refractivity contribution in [3.63, 3.8) is 0 Å². The first kappa shape index (κ1) is 16.6. The van der Waals surface area contributed by atoms with Gasteiger partial charge >= 0.3 is 0 Å². The lowest BCUT2D eigenvalue weighted by Gasteiger charge is -2.46. The smallest absolute Gasteiger partial charge is 0.228 e. The Morgan fingerprint density at radius 3 is 2.85 bits per heavy atom. The summed E-state index contributed by atoms with van der Waals surface area (Å²) in [4.78, 5) is 11.3. The van der Waals surface area contributed by atoms with Gasteiger partial charge in [-0.1, -0.05) is 24.6 Å². The van der Waals surface area contributed by atoms with Crippen LogP contribution >= 0.6 is 11.6 Å². The van der Waals surface area contributed by atoms with E-state index in [1.54, 1.807) is 6.20 Å². The van der Waals surface area contributed by atoms with Crippen molar-refractivity contribution in [3.8, 4) is 5.75 Å². The van der Waals surface area contributed by atoms with E-state index < -0.39 is 5.72 Å². The molecule has 0 amide bonds. The van der Waals surface area contributed by atoms with E-state index >= 15 is 0 Å². The predicted octanol–water partition coefficient (Wildman–Crippen LogP) is 5.50. The fraction of sp³-hybridized carbons (Fsp3) is 0.273. The molecule has 3 heterocycles. The summed E-state index contributed by atoms with van der Waals surface area (Å²) in [6.45, 7) is 4.41. The average Bonchev–Trinajstić information content (AvgIpc) is 2.87. The molecule has 5 rings (SSSR count). The van der Waals surface area contributed by atoms with E-state index in [1.807, 2.05) is 30.6 Å². The Labute approximate surface area is 163 Å². The van der Waals surface area contributed by atoms with E-state index in [4.69, 9.17) is 21.3 Å². The number of pyridine rings is 1.